The van der Waals surface area contributed by atoms with Crippen LogP contribution < -0.4 is 5.32 Å². The molecule has 0 spiro atoms. The van der Waals surface area contributed by atoms with Gasteiger partial charge in [0.05, 0.1) is 24.4 Å². The average molecular weight is 536 g/mol. The first-order chi connectivity index (χ1) is 18.4. The van der Waals surface area contributed by atoms with E-state index in [9.17, 15) is 19.4 Å². The molecule has 0 aliphatic carbocycles. The fourth-order valence-corrected chi connectivity index (χ4v) is 4.81. The number of carboxylic acid groups (broad SMARTS) is 1. The second-order valence-corrected chi connectivity index (χ2v) is 11.5. The molecule has 0 radical (unpaired) electrons. The lowest BCUT2D eigenvalue weighted by Crippen LogP contribution is -2.46. The van der Waals surface area contributed by atoms with Crippen LogP contribution in [0.25, 0.3) is 11.1 Å². The molecule has 0 aliphatic rings. The summed E-state index contributed by atoms with van der Waals surface area (Å²) in [6.45, 7) is 12.4. The van der Waals surface area contributed by atoms with Crippen LogP contribution in [0.15, 0.2) is 60.7 Å². The zero-order valence-corrected chi connectivity index (χ0v) is 23.9. The number of carbonyl (C=O) groups is 1. The first kappa shape index (κ1) is 30.5. The number of nitrogens with one attached hydrogen (secondary N) is 1. The van der Waals surface area contributed by atoms with E-state index < -0.39 is 12.1 Å². The fraction of sp³-hybridized carbons (Fsp3) is 0.424. The molecule has 0 amide bonds. The maximum absolute atomic E-state index is 13.9. The summed E-state index contributed by atoms with van der Waals surface area (Å²) in [5, 5.41) is 23.6. The van der Waals surface area contributed by atoms with Crippen LogP contribution in [-0.2, 0) is 17.6 Å². The van der Waals surface area contributed by atoms with Gasteiger partial charge in [-0.15, -0.1) is 0 Å². The van der Waals surface area contributed by atoms with E-state index in [0.29, 0.717) is 36.4 Å². The minimum atomic E-state index is -0.918. The molecular formula is C33H42FNO4. The summed E-state index contributed by atoms with van der Waals surface area (Å²) in [5.74, 6) is -0.798. The van der Waals surface area contributed by atoms with Crippen molar-refractivity contribution in [3.63, 3.8) is 0 Å². The summed E-state index contributed by atoms with van der Waals surface area (Å²) in [6.07, 6.45) is 0.298. The van der Waals surface area contributed by atoms with Crippen LogP contribution in [0, 0.1) is 18.7 Å². The number of aryl methyl sites for hydroxylation is 1. The molecule has 0 unspecified atom stereocenters. The van der Waals surface area contributed by atoms with Gasteiger partial charge in [-0.3, -0.25) is 0 Å². The number of benzene rings is 3. The first-order valence-corrected chi connectivity index (χ1v) is 13.6. The van der Waals surface area contributed by atoms with Crippen molar-refractivity contribution in [3.05, 3.63) is 94.3 Å². The lowest BCUT2D eigenvalue weighted by atomic mass is 9.91. The van der Waals surface area contributed by atoms with Crippen LogP contribution in [0.1, 0.15) is 73.3 Å². The fourth-order valence-electron chi connectivity index (χ4n) is 4.81. The number of aliphatic hydroxyl groups excluding tert-OH is 1. The number of halogens is 1. The van der Waals surface area contributed by atoms with Gasteiger partial charge < -0.3 is 20.3 Å². The van der Waals surface area contributed by atoms with Crippen molar-refractivity contribution in [2.45, 2.75) is 72.1 Å². The summed E-state index contributed by atoms with van der Waals surface area (Å²) >= 11 is 0. The minimum absolute atomic E-state index is 0.147. The third-order valence-electron chi connectivity index (χ3n) is 6.91. The number of hydrogen-bond acceptors (Lipinski definition) is 4. The molecule has 0 saturated carbocycles. The molecule has 2 atom stereocenters. The predicted molar refractivity (Wildman–Crippen MR) is 155 cm³/mol. The Bertz CT molecular complexity index is 1270. The van der Waals surface area contributed by atoms with Crippen molar-refractivity contribution in [2.75, 3.05) is 13.2 Å². The normalized spacial score (nSPS) is 13.5. The van der Waals surface area contributed by atoms with Crippen LogP contribution >= 0.6 is 0 Å². The molecule has 5 nitrogen and oxygen atoms in total. The van der Waals surface area contributed by atoms with Crippen LogP contribution in [0.2, 0.25) is 0 Å². The van der Waals surface area contributed by atoms with Crippen molar-refractivity contribution in [1.82, 2.24) is 5.32 Å². The van der Waals surface area contributed by atoms with E-state index in [4.69, 9.17) is 4.74 Å². The third-order valence-corrected chi connectivity index (χ3v) is 6.91. The molecule has 0 bridgehead atoms. The molecule has 6 heteroatoms. The van der Waals surface area contributed by atoms with Crippen LogP contribution in [0.5, 0.6) is 0 Å². The second-order valence-electron chi connectivity index (χ2n) is 11.5. The van der Waals surface area contributed by atoms with E-state index in [2.05, 4.69) is 19.2 Å². The van der Waals surface area contributed by atoms with Crippen molar-refractivity contribution in [2.24, 2.45) is 5.92 Å². The molecule has 3 aromatic carbocycles. The van der Waals surface area contributed by atoms with Gasteiger partial charge in [-0.2, -0.15) is 0 Å². The monoisotopic (exact) mass is 535 g/mol. The molecule has 0 aliphatic heterocycles. The van der Waals surface area contributed by atoms with Gasteiger partial charge in [0.25, 0.3) is 0 Å². The smallest absolute Gasteiger partial charge is 0.335 e. The molecule has 0 aromatic heterocycles. The zero-order chi connectivity index (χ0) is 28.7. The number of aliphatic hydroxyl groups is 1. The Morgan fingerprint density at radius 3 is 2.44 bits per heavy atom. The highest BCUT2D eigenvalue weighted by Gasteiger charge is 2.21. The Balaban J connectivity index is 1.64. The maximum Gasteiger partial charge on any atom is 0.335 e. The van der Waals surface area contributed by atoms with Gasteiger partial charge in [0.1, 0.15) is 5.82 Å². The molecule has 0 saturated heterocycles. The molecule has 39 heavy (non-hydrogen) atoms. The minimum Gasteiger partial charge on any atom is -0.478 e. The summed E-state index contributed by atoms with van der Waals surface area (Å²) in [4.78, 5) is 11.7. The Kier molecular flexibility index (Phi) is 10.4. The van der Waals surface area contributed by atoms with Gasteiger partial charge in [-0.1, -0.05) is 62.4 Å². The average Bonchev–Trinajstić information content (AvgIpc) is 2.87. The molecule has 0 fully saturated rings. The third kappa shape index (κ3) is 8.72. The van der Waals surface area contributed by atoms with Crippen LogP contribution in [-0.4, -0.2) is 41.0 Å². The lowest BCUT2D eigenvalue weighted by Gasteiger charge is -2.28. The maximum atomic E-state index is 13.9. The molecule has 3 rings (SSSR count). The highest BCUT2D eigenvalue weighted by atomic mass is 19.1. The Hall–Kier alpha value is -3.06. The van der Waals surface area contributed by atoms with E-state index >= 15 is 0 Å². The van der Waals surface area contributed by atoms with Gasteiger partial charge in [-0.05, 0) is 92.0 Å². The van der Waals surface area contributed by atoms with E-state index in [1.807, 2.05) is 63.2 Å². The summed E-state index contributed by atoms with van der Waals surface area (Å²) in [5.41, 5.74) is 5.23. The van der Waals surface area contributed by atoms with Crippen LogP contribution in [0.3, 0.4) is 0 Å². The van der Waals surface area contributed by atoms with Crippen LogP contribution in [0.4, 0.5) is 4.39 Å². The van der Waals surface area contributed by atoms with Crippen molar-refractivity contribution in [1.29, 1.82) is 0 Å². The number of hydrogen-bond donors (Lipinski definition) is 3. The number of rotatable bonds is 13. The Labute approximate surface area is 232 Å². The predicted octanol–water partition coefficient (Wildman–Crippen LogP) is 6.75. The quantitative estimate of drug-likeness (QED) is 0.226. The Morgan fingerprint density at radius 2 is 1.77 bits per heavy atom. The summed E-state index contributed by atoms with van der Waals surface area (Å²) < 4.78 is 20.0. The number of ether oxygens (including phenoxy) is 1. The topological polar surface area (TPSA) is 78.8 Å². The van der Waals surface area contributed by atoms with E-state index in [-0.39, 0.29) is 24.1 Å². The highest BCUT2D eigenvalue weighted by molar-refractivity contribution is 5.90. The van der Waals surface area contributed by atoms with E-state index in [1.54, 1.807) is 25.1 Å². The molecular weight excluding hydrogens is 493 g/mol. The number of aromatic carboxylic acids is 1. The van der Waals surface area contributed by atoms with Gasteiger partial charge in [0.15, 0.2) is 0 Å². The molecule has 0 heterocycles. The first-order valence-electron chi connectivity index (χ1n) is 13.6. The number of β-amino-alcohol motifs (C(OH)–C–C–N with tert-alkyl or cyclic N) is 1. The summed E-state index contributed by atoms with van der Waals surface area (Å²) in [7, 11) is 0. The van der Waals surface area contributed by atoms with Gasteiger partial charge >= 0.3 is 5.97 Å². The molecule has 210 valence electrons. The molecule has 3 N–H and O–H groups in total. The van der Waals surface area contributed by atoms with Gasteiger partial charge in [0.2, 0.25) is 0 Å². The lowest BCUT2D eigenvalue weighted by molar-refractivity contribution is -0.00397. The van der Waals surface area contributed by atoms with E-state index in [1.165, 1.54) is 0 Å². The zero-order valence-electron chi connectivity index (χ0n) is 23.9. The second kappa shape index (κ2) is 13.3. The Morgan fingerprint density at radius 1 is 1.05 bits per heavy atom. The van der Waals surface area contributed by atoms with Gasteiger partial charge in [0, 0.05) is 12.1 Å². The number of carboxylic acids is 1. The standard InChI is InChI=1S/C33H42FNO4/c1-21(2)15-26-17-25(13-14-30(26)32(37)38)29-10-8-7-9-28(29)23(4)39-20-27(36)19-35-33(5,6)18-24-12-11-22(3)31(34)16-24/h7-14,16-17,21,23,27,35-36H,15,18-20H2,1-6H3,(H,37,38)/t23-,27-/m1/s1. The largest absolute Gasteiger partial charge is 0.478 e. The molecule has 3 aromatic rings. The SMILES string of the molecule is Cc1ccc(CC(C)(C)NC[C@@H](O)CO[C@H](C)c2ccccc2-c2ccc(C(=O)O)c(CC(C)C)c2)cc1F. The van der Waals surface area contributed by atoms with Gasteiger partial charge in [-0.25, -0.2) is 9.18 Å². The summed E-state index contributed by atoms with van der Waals surface area (Å²) in [6, 6.07) is 18.7. The van der Waals surface area contributed by atoms with Crippen molar-refractivity contribution in [3.8, 4) is 11.1 Å². The van der Waals surface area contributed by atoms with Crippen molar-refractivity contribution < 1.29 is 24.1 Å². The van der Waals surface area contributed by atoms with E-state index in [0.717, 1.165) is 27.8 Å². The van der Waals surface area contributed by atoms with Crippen molar-refractivity contribution >= 4 is 5.97 Å². The highest BCUT2D eigenvalue weighted by Crippen LogP contribution is 2.32.